The molecule has 0 spiro atoms. The minimum Gasteiger partial charge on any atom is -0.481 e. The lowest BCUT2D eigenvalue weighted by Gasteiger charge is -2.25. The lowest BCUT2D eigenvalue weighted by atomic mass is 9.99. The molecule has 2 saturated heterocycles. The van der Waals surface area contributed by atoms with Crippen molar-refractivity contribution in [2.75, 3.05) is 31.1 Å². The number of carboxylic acid groups (broad SMARTS) is 1. The number of hydrogen-bond donors (Lipinski definition) is 2. The standard InChI is InChI=1S/C13H22N2O5S/c1-9-5-15(6-10(9)12(17)18)7-11(16)14-13(2)3-4-21(19,20)8-13/h9-10H,3-8H2,1-2H3,(H,14,16)(H,17,18). The maximum Gasteiger partial charge on any atom is 0.308 e. The Labute approximate surface area is 124 Å². The normalized spacial score (nSPS) is 35.7. The van der Waals surface area contributed by atoms with Crippen molar-refractivity contribution in [1.82, 2.24) is 10.2 Å². The Morgan fingerprint density at radius 3 is 2.52 bits per heavy atom. The highest BCUT2D eigenvalue weighted by Crippen LogP contribution is 2.24. The van der Waals surface area contributed by atoms with Gasteiger partial charge in [0.05, 0.1) is 29.5 Å². The number of carboxylic acids is 1. The van der Waals surface area contributed by atoms with E-state index in [1.807, 2.05) is 11.8 Å². The fraction of sp³-hybridized carbons (Fsp3) is 0.846. The molecule has 0 aromatic heterocycles. The zero-order chi connectivity index (χ0) is 15.8. The summed E-state index contributed by atoms with van der Waals surface area (Å²) in [4.78, 5) is 24.9. The van der Waals surface area contributed by atoms with Crippen LogP contribution in [-0.2, 0) is 19.4 Å². The van der Waals surface area contributed by atoms with Crippen LogP contribution in [0, 0.1) is 11.8 Å². The third-order valence-electron chi connectivity index (χ3n) is 4.32. The molecule has 1 amide bonds. The highest BCUT2D eigenvalue weighted by molar-refractivity contribution is 7.91. The van der Waals surface area contributed by atoms with Crippen molar-refractivity contribution in [2.45, 2.75) is 25.8 Å². The van der Waals surface area contributed by atoms with Crippen molar-refractivity contribution in [3.05, 3.63) is 0 Å². The molecule has 0 saturated carbocycles. The number of rotatable bonds is 4. The molecule has 21 heavy (non-hydrogen) atoms. The van der Waals surface area contributed by atoms with E-state index < -0.39 is 27.3 Å². The maximum absolute atomic E-state index is 12.1. The highest BCUT2D eigenvalue weighted by atomic mass is 32.2. The van der Waals surface area contributed by atoms with Crippen molar-refractivity contribution in [1.29, 1.82) is 0 Å². The zero-order valence-electron chi connectivity index (χ0n) is 12.3. The number of hydrogen-bond acceptors (Lipinski definition) is 5. The molecule has 7 nitrogen and oxygen atoms in total. The number of nitrogens with zero attached hydrogens (tertiary/aromatic N) is 1. The van der Waals surface area contributed by atoms with Gasteiger partial charge in [-0.05, 0) is 19.3 Å². The van der Waals surface area contributed by atoms with Crippen LogP contribution in [0.3, 0.4) is 0 Å². The third-order valence-corrected chi connectivity index (χ3v) is 6.22. The lowest BCUT2D eigenvalue weighted by molar-refractivity contribution is -0.142. The van der Waals surface area contributed by atoms with Crippen LogP contribution in [-0.4, -0.2) is 67.0 Å². The van der Waals surface area contributed by atoms with Crippen LogP contribution in [0.25, 0.3) is 0 Å². The fourth-order valence-corrected chi connectivity index (χ4v) is 5.30. The number of nitrogens with one attached hydrogen (secondary N) is 1. The van der Waals surface area contributed by atoms with Crippen molar-refractivity contribution in [3.63, 3.8) is 0 Å². The first-order valence-corrected chi connectivity index (χ1v) is 8.89. The van der Waals surface area contributed by atoms with Gasteiger partial charge in [-0.25, -0.2) is 8.42 Å². The van der Waals surface area contributed by atoms with Gasteiger partial charge in [-0.1, -0.05) is 6.92 Å². The van der Waals surface area contributed by atoms with Gasteiger partial charge in [-0.3, -0.25) is 14.5 Å². The number of carbonyl (C=O) groups excluding carboxylic acids is 1. The van der Waals surface area contributed by atoms with Crippen LogP contribution in [0.15, 0.2) is 0 Å². The predicted octanol–water partition coefficient (Wildman–Crippen LogP) is -0.668. The van der Waals surface area contributed by atoms with Crippen LogP contribution in [0.1, 0.15) is 20.3 Å². The molecule has 2 rings (SSSR count). The van der Waals surface area contributed by atoms with Crippen LogP contribution < -0.4 is 5.32 Å². The van der Waals surface area contributed by atoms with Crippen molar-refractivity contribution in [2.24, 2.45) is 11.8 Å². The first kappa shape index (κ1) is 16.2. The summed E-state index contributed by atoms with van der Waals surface area (Å²) >= 11 is 0. The number of likely N-dealkylation sites (tertiary alicyclic amines) is 1. The predicted molar refractivity (Wildman–Crippen MR) is 76.5 cm³/mol. The average molecular weight is 318 g/mol. The first-order chi connectivity index (χ1) is 9.60. The molecule has 2 heterocycles. The molecule has 0 aromatic rings. The lowest BCUT2D eigenvalue weighted by Crippen LogP contribution is -2.50. The van der Waals surface area contributed by atoms with Gasteiger partial charge in [0, 0.05) is 13.1 Å². The molecule has 3 unspecified atom stereocenters. The largest absolute Gasteiger partial charge is 0.481 e. The zero-order valence-corrected chi connectivity index (χ0v) is 13.1. The van der Waals surface area contributed by atoms with Gasteiger partial charge in [0.1, 0.15) is 0 Å². The topological polar surface area (TPSA) is 104 Å². The van der Waals surface area contributed by atoms with E-state index in [-0.39, 0.29) is 29.9 Å². The SMILES string of the molecule is CC1CN(CC(=O)NC2(C)CCS(=O)(=O)C2)CC1C(=O)O. The Morgan fingerprint density at radius 2 is 2.05 bits per heavy atom. The summed E-state index contributed by atoms with van der Waals surface area (Å²) in [5, 5.41) is 11.9. The summed E-state index contributed by atoms with van der Waals surface area (Å²) in [6, 6.07) is 0. The Balaban J connectivity index is 1.87. The number of aliphatic carboxylic acids is 1. The monoisotopic (exact) mass is 318 g/mol. The molecule has 2 aliphatic heterocycles. The van der Waals surface area contributed by atoms with E-state index in [2.05, 4.69) is 5.32 Å². The average Bonchev–Trinajstić information content (AvgIpc) is 2.79. The number of amides is 1. The van der Waals surface area contributed by atoms with Gasteiger partial charge in [0.15, 0.2) is 9.84 Å². The van der Waals surface area contributed by atoms with Gasteiger partial charge in [0.25, 0.3) is 0 Å². The van der Waals surface area contributed by atoms with E-state index in [4.69, 9.17) is 5.11 Å². The highest BCUT2D eigenvalue weighted by Gasteiger charge is 2.40. The fourth-order valence-electron chi connectivity index (χ4n) is 3.21. The molecular formula is C13H22N2O5S. The molecule has 8 heteroatoms. The Bertz CT molecular complexity index is 547. The molecule has 2 aliphatic rings. The van der Waals surface area contributed by atoms with Crippen molar-refractivity contribution < 1.29 is 23.1 Å². The second-order valence-corrected chi connectivity index (χ2v) is 8.75. The van der Waals surface area contributed by atoms with Gasteiger partial charge in [0.2, 0.25) is 5.91 Å². The van der Waals surface area contributed by atoms with Crippen LogP contribution in [0.2, 0.25) is 0 Å². The van der Waals surface area contributed by atoms with Crippen molar-refractivity contribution in [3.8, 4) is 0 Å². The minimum absolute atomic E-state index is 0.0118. The molecule has 0 aliphatic carbocycles. The number of carbonyl (C=O) groups is 2. The van der Waals surface area contributed by atoms with Crippen molar-refractivity contribution >= 4 is 21.7 Å². The van der Waals surface area contributed by atoms with E-state index in [0.29, 0.717) is 19.5 Å². The van der Waals surface area contributed by atoms with Crippen LogP contribution >= 0.6 is 0 Å². The van der Waals surface area contributed by atoms with E-state index >= 15 is 0 Å². The summed E-state index contributed by atoms with van der Waals surface area (Å²) in [5.74, 6) is -1.43. The Kier molecular flexibility index (Phi) is 4.30. The maximum atomic E-state index is 12.1. The summed E-state index contributed by atoms with van der Waals surface area (Å²) < 4.78 is 23.0. The van der Waals surface area contributed by atoms with E-state index in [9.17, 15) is 18.0 Å². The van der Waals surface area contributed by atoms with Gasteiger partial charge >= 0.3 is 5.97 Å². The van der Waals surface area contributed by atoms with E-state index in [0.717, 1.165) is 0 Å². The summed E-state index contributed by atoms with van der Waals surface area (Å²) in [6.45, 7) is 4.64. The second kappa shape index (κ2) is 5.57. The first-order valence-electron chi connectivity index (χ1n) is 7.07. The molecule has 120 valence electrons. The minimum atomic E-state index is -3.06. The van der Waals surface area contributed by atoms with E-state index in [1.54, 1.807) is 6.92 Å². The summed E-state index contributed by atoms with van der Waals surface area (Å²) in [6.07, 6.45) is 0.426. The van der Waals surface area contributed by atoms with Gasteiger partial charge in [-0.2, -0.15) is 0 Å². The van der Waals surface area contributed by atoms with E-state index in [1.165, 1.54) is 0 Å². The molecule has 0 bridgehead atoms. The second-order valence-electron chi connectivity index (χ2n) is 6.57. The molecule has 0 radical (unpaired) electrons. The molecule has 0 aromatic carbocycles. The molecule has 2 fully saturated rings. The summed E-state index contributed by atoms with van der Waals surface area (Å²) in [5.41, 5.74) is -0.701. The Morgan fingerprint density at radius 1 is 1.38 bits per heavy atom. The molecular weight excluding hydrogens is 296 g/mol. The molecule has 2 N–H and O–H groups in total. The summed E-state index contributed by atoms with van der Waals surface area (Å²) in [7, 11) is -3.06. The third kappa shape index (κ3) is 3.94. The van der Waals surface area contributed by atoms with Gasteiger partial charge in [-0.15, -0.1) is 0 Å². The number of sulfone groups is 1. The van der Waals surface area contributed by atoms with Crippen LogP contribution in [0.5, 0.6) is 0 Å². The van der Waals surface area contributed by atoms with Gasteiger partial charge < -0.3 is 10.4 Å². The van der Waals surface area contributed by atoms with Crippen LogP contribution in [0.4, 0.5) is 0 Å². The quantitative estimate of drug-likeness (QED) is 0.713. The Hall–Kier alpha value is -1.15. The molecule has 3 atom stereocenters. The smallest absolute Gasteiger partial charge is 0.308 e.